The minimum atomic E-state index is -3.81. The van der Waals surface area contributed by atoms with E-state index < -0.39 is 53.5 Å². The summed E-state index contributed by atoms with van der Waals surface area (Å²) in [6, 6.07) is 2.11. The van der Waals surface area contributed by atoms with Gasteiger partial charge in [-0.3, -0.25) is 4.79 Å². The number of carbonyl (C=O) groups is 1. The Morgan fingerprint density at radius 3 is 2.46 bits per heavy atom. The van der Waals surface area contributed by atoms with Crippen LogP contribution >= 0.6 is 0 Å². The van der Waals surface area contributed by atoms with Gasteiger partial charge in [0.1, 0.15) is 12.3 Å². The molecule has 9 heteroatoms. The van der Waals surface area contributed by atoms with E-state index >= 15 is 0 Å². The lowest BCUT2D eigenvalue weighted by atomic mass is 9.97. The van der Waals surface area contributed by atoms with Crippen molar-refractivity contribution in [3.8, 4) is 0 Å². The molecule has 134 valence electrons. The topological polar surface area (TPSA) is 60.4 Å². The normalized spacial score (nSPS) is 21.6. The zero-order chi connectivity index (χ0) is 18.2. The number of hydrogen-bond donors (Lipinski definition) is 0. The number of halogens is 4. The van der Waals surface area contributed by atoms with Gasteiger partial charge in [-0.25, -0.2) is 26.0 Å². The number of alkyl halides is 4. The van der Waals surface area contributed by atoms with Gasteiger partial charge in [-0.05, 0) is 17.2 Å². The summed E-state index contributed by atoms with van der Waals surface area (Å²) in [5, 5.41) is 0. The lowest BCUT2D eigenvalue weighted by molar-refractivity contribution is -0.149. The van der Waals surface area contributed by atoms with Gasteiger partial charge in [0, 0.05) is 31.6 Å². The summed E-state index contributed by atoms with van der Waals surface area (Å²) in [6.45, 7) is 1.03. The molecule has 0 unspecified atom stereocenters. The molecule has 0 amide bonds. The van der Waals surface area contributed by atoms with Crippen molar-refractivity contribution in [2.24, 2.45) is 0 Å². The van der Waals surface area contributed by atoms with Crippen LogP contribution < -0.4 is 0 Å². The monoisotopic (exact) mass is 368 g/mol. The van der Waals surface area contributed by atoms with Gasteiger partial charge in [-0.15, -0.1) is 0 Å². The summed E-state index contributed by atoms with van der Waals surface area (Å²) in [4.78, 5) is 10.9. The molecule has 0 aromatic heterocycles. The molecule has 2 rings (SSSR count). The molecule has 3 atom stereocenters. The van der Waals surface area contributed by atoms with Crippen molar-refractivity contribution in [1.82, 2.24) is 0 Å². The molecular formula is C15H16F4O4S. The first-order chi connectivity index (χ1) is 11.0. The Kier molecular flexibility index (Phi) is 5.22. The van der Waals surface area contributed by atoms with Crippen molar-refractivity contribution < 1.29 is 35.5 Å². The Labute approximate surface area is 136 Å². The highest BCUT2D eigenvalue weighted by Gasteiger charge is 2.41. The van der Waals surface area contributed by atoms with Crippen LogP contribution in [0, 0.1) is 0 Å². The number of carbonyl (C=O) groups excluding carboxylic acids is 1. The van der Waals surface area contributed by atoms with Gasteiger partial charge in [0.15, 0.2) is 15.9 Å². The molecule has 0 saturated heterocycles. The summed E-state index contributed by atoms with van der Waals surface area (Å²) in [6.07, 6.45) is -8.86. The van der Waals surface area contributed by atoms with E-state index in [-0.39, 0.29) is 21.6 Å². The standard InChI is InChI=1S/C15H16F4O4S/c1-7(20)23-15-11(17)5-9-8(10(16)6-13(18)19)3-4-12(14(9)15)24(2,21)22/h3-4,10-11,13,15H,5-6H2,1-2H3/t10-,11+,15+/m0/s1. The van der Waals surface area contributed by atoms with E-state index in [4.69, 9.17) is 4.74 Å². The maximum atomic E-state index is 14.3. The molecule has 4 nitrogen and oxygen atoms in total. The van der Waals surface area contributed by atoms with E-state index in [1.165, 1.54) is 0 Å². The third kappa shape index (κ3) is 3.71. The van der Waals surface area contributed by atoms with Gasteiger partial charge in [-0.1, -0.05) is 6.07 Å². The molecule has 1 aromatic carbocycles. The van der Waals surface area contributed by atoms with Gasteiger partial charge in [-0.2, -0.15) is 0 Å². The van der Waals surface area contributed by atoms with Crippen molar-refractivity contribution in [3.63, 3.8) is 0 Å². The average molecular weight is 368 g/mol. The van der Waals surface area contributed by atoms with Crippen molar-refractivity contribution in [2.45, 2.75) is 49.5 Å². The highest BCUT2D eigenvalue weighted by atomic mass is 32.2. The van der Waals surface area contributed by atoms with E-state index in [1.807, 2.05) is 0 Å². The van der Waals surface area contributed by atoms with Crippen molar-refractivity contribution in [2.75, 3.05) is 6.26 Å². The molecule has 0 fully saturated rings. The van der Waals surface area contributed by atoms with Crippen LogP contribution in [0.1, 0.15) is 42.3 Å². The number of fused-ring (bicyclic) bond motifs is 1. The molecule has 0 N–H and O–H groups in total. The third-order valence-electron chi connectivity index (χ3n) is 3.78. The molecule has 0 heterocycles. The molecule has 1 aliphatic rings. The Hall–Kier alpha value is -1.64. The third-order valence-corrected chi connectivity index (χ3v) is 4.94. The van der Waals surface area contributed by atoms with E-state index in [0.29, 0.717) is 0 Å². The summed E-state index contributed by atoms with van der Waals surface area (Å²) < 4.78 is 82.0. The van der Waals surface area contributed by atoms with Gasteiger partial charge >= 0.3 is 5.97 Å². The summed E-state index contributed by atoms with van der Waals surface area (Å²) in [5.41, 5.74) is -0.380. The highest BCUT2D eigenvalue weighted by Crippen LogP contribution is 2.44. The van der Waals surface area contributed by atoms with Crippen LogP contribution in [0.25, 0.3) is 0 Å². The number of esters is 1. The lowest BCUT2D eigenvalue weighted by Gasteiger charge is -2.19. The molecule has 0 radical (unpaired) electrons. The maximum Gasteiger partial charge on any atom is 0.303 e. The van der Waals surface area contributed by atoms with Gasteiger partial charge in [0.25, 0.3) is 0 Å². The largest absolute Gasteiger partial charge is 0.454 e. The molecule has 1 aliphatic carbocycles. The Morgan fingerprint density at radius 1 is 1.33 bits per heavy atom. The zero-order valence-corrected chi connectivity index (χ0v) is 13.7. The molecule has 0 bridgehead atoms. The SMILES string of the molecule is CC(=O)O[C@H]1c2c(S(C)(=O)=O)ccc([C@@H](F)CC(F)F)c2C[C@H]1F. The van der Waals surface area contributed by atoms with Crippen molar-refractivity contribution >= 4 is 15.8 Å². The number of hydrogen-bond acceptors (Lipinski definition) is 4. The van der Waals surface area contributed by atoms with Crippen LogP contribution in [0.5, 0.6) is 0 Å². The fourth-order valence-electron chi connectivity index (χ4n) is 2.89. The van der Waals surface area contributed by atoms with Gasteiger partial charge < -0.3 is 4.74 Å². The van der Waals surface area contributed by atoms with E-state index in [9.17, 15) is 30.8 Å². The number of sulfone groups is 1. The van der Waals surface area contributed by atoms with E-state index in [2.05, 4.69) is 0 Å². The van der Waals surface area contributed by atoms with Crippen LogP contribution in [0.15, 0.2) is 17.0 Å². The van der Waals surface area contributed by atoms with Crippen LogP contribution in [0.4, 0.5) is 17.6 Å². The zero-order valence-electron chi connectivity index (χ0n) is 12.9. The van der Waals surface area contributed by atoms with E-state index in [0.717, 1.165) is 25.3 Å². The molecular weight excluding hydrogens is 352 g/mol. The van der Waals surface area contributed by atoms with Crippen LogP contribution in [0.2, 0.25) is 0 Å². The lowest BCUT2D eigenvalue weighted by Crippen LogP contribution is -2.17. The molecule has 1 aromatic rings. The smallest absolute Gasteiger partial charge is 0.303 e. The summed E-state index contributed by atoms with van der Waals surface area (Å²) in [5.74, 6) is -0.829. The Bertz CT molecular complexity index is 748. The summed E-state index contributed by atoms with van der Waals surface area (Å²) in [7, 11) is -3.81. The van der Waals surface area contributed by atoms with Crippen molar-refractivity contribution in [1.29, 1.82) is 0 Å². The molecule has 0 aliphatic heterocycles. The summed E-state index contributed by atoms with van der Waals surface area (Å²) >= 11 is 0. The van der Waals surface area contributed by atoms with Crippen LogP contribution in [0.3, 0.4) is 0 Å². The Morgan fingerprint density at radius 2 is 1.96 bits per heavy atom. The number of rotatable bonds is 5. The van der Waals surface area contributed by atoms with Crippen LogP contribution in [-0.4, -0.2) is 33.2 Å². The van der Waals surface area contributed by atoms with Crippen molar-refractivity contribution in [3.05, 3.63) is 28.8 Å². The first kappa shape index (κ1) is 18.7. The molecule has 0 spiro atoms. The minimum Gasteiger partial charge on any atom is -0.454 e. The first-order valence-electron chi connectivity index (χ1n) is 7.11. The second kappa shape index (κ2) is 6.70. The number of benzene rings is 1. The molecule has 0 saturated carbocycles. The van der Waals surface area contributed by atoms with Gasteiger partial charge in [0.2, 0.25) is 6.43 Å². The second-order valence-electron chi connectivity index (χ2n) is 5.66. The maximum absolute atomic E-state index is 14.3. The minimum absolute atomic E-state index is 0.0233. The van der Waals surface area contributed by atoms with Crippen LogP contribution in [-0.2, 0) is 25.8 Å². The first-order valence-corrected chi connectivity index (χ1v) is 9.00. The predicted molar refractivity (Wildman–Crippen MR) is 77.1 cm³/mol. The van der Waals surface area contributed by atoms with Gasteiger partial charge in [0.05, 0.1) is 4.90 Å². The Balaban J connectivity index is 2.63. The highest BCUT2D eigenvalue weighted by molar-refractivity contribution is 7.90. The fraction of sp³-hybridized carbons (Fsp3) is 0.533. The fourth-order valence-corrected chi connectivity index (χ4v) is 3.85. The van der Waals surface area contributed by atoms with E-state index in [1.54, 1.807) is 0 Å². The number of ether oxygens (including phenoxy) is 1. The molecule has 24 heavy (non-hydrogen) atoms. The second-order valence-corrected chi connectivity index (χ2v) is 7.65. The predicted octanol–water partition coefficient (Wildman–Crippen LogP) is 3.25. The quantitative estimate of drug-likeness (QED) is 0.591. The average Bonchev–Trinajstić information content (AvgIpc) is 2.72.